The summed E-state index contributed by atoms with van der Waals surface area (Å²) in [5.74, 6) is 1.43. The average molecular weight is 398 g/mol. The third kappa shape index (κ3) is 4.83. The standard InChI is InChI=1S/C23H31NO3Si/c1-23(2,3)28(4,5)27-16-15-25-21-14-10-9-13-19(21)22-24-20(17-26-22)18-11-7-6-8-12-18/h6-14,20H,15-17H2,1-5H3/t20-/m0/s1. The molecule has 28 heavy (non-hydrogen) atoms. The number of ether oxygens (including phenoxy) is 2. The molecule has 2 aromatic rings. The molecular formula is C23H31NO3Si. The summed E-state index contributed by atoms with van der Waals surface area (Å²) in [4.78, 5) is 4.78. The quantitative estimate of drug-likeness (QED) is 0.451. The van der Waals surface area contributed by atoms with Crippen molar-refractivity contribution < 1.29 is 13.9 Å². The zero-order valence-electron chi connectivity index (χ0n) is 17.6. The third-order valence-electron chi connectivity index (χ3n) is 5.56. The Balaban J connectivity index is 1.64. The van der Waals surface area contributed by atoms with Crippen LogP contribution in [0.4, 0.5) is 0 Å². The Kier molecular flexibility index (Phi) is 6.25. The number of rotatable bonds is 7. The predicted octanol–water partition coefficient (Wildman–Crippen LogP) is 5.61. The number of benzene rings is 2. The number of hydrogen-bond donors (Lipinski definition) is 0. The summed E-state index contributed by atoms with van der Waals surface area (Å²) >= 11 is 0. The van der Waals surface area contributed by atoms with Crippen LogP contribution >= 0.6 is 0 Å². The normalized spacial score (nSPS) is 17.2. The highest BCUT2D eigenvalue weighted by molar-refractivity contribution is 6.74. The van der Waals surface area contributed by atoms with E-state index in [1.54, 1.807) is 0 Å². The van der Waals surface area contributed by atoms with E-state index < -0.39 is 8.32 Å². The average Bonchev–Trinajstić information content (AvgIpc) is 3.15. The van der Waals surface area contributed by atoms with Gasteiger partial charge in [0.1, 0.15) is 25.0 Å². The molecule has 4 nitrogen and oxygen atoms in total. The summed E-state index contributed by atoms with van der Waals surface area (Å²) in [5.41, 5.74) is 2.06. The Hall–Kier alpha value is -2.11. The summed E-state index contributed by atoms with van der Waals surface area (Å²) in [6, 6.07) is 18.2. The highest BCUT2D eigenvalue weighted by Crippen LogP contribution is 2.36. The van der Waals surface area contributed by atoms with Crippen molar-refractivity contribution in [2.24, 2.45) is 4.99 Å². The van der Waals surface area contributed by atoms with Crippen molar-refractivity contribution >= 4 is 14.2 Å². The van der Waals surface area contributed by atoms with E-state index in [2.05, 4.69) is 46.0 Å². The molecule has 1 heterocycles. The molecule has 0 spiro atoms. The minimum atomic E-state index is -1.76. The van der Waals surface area contributed by atoms with Crippen LogP contribution in [0.2, 0.25) is 18.1 Å². The van der Waals surface area contributed by atoms with Gasteiger partial charge in [0.25, 0.3) is 0 Å². The maximum atomic E-state index is 6.21. The molecule has 0 saturated heterocycles. The van der Waals surface area contributed by atoms with Crippen molar-refractivity contribution in [3.05, 3.63) is 65.7 Å². The first kappa shape index (κ1) is 20.6. The maximum Gasteiger partial charge on any atom is 0.220 e. The molecule has 5 heteroatoms. The second kappa shape index (κ2) is 8.49. The molecule has 0 fully saturated rings. The minimum Gasteiger partial charge on any atom is -0.490 e. The smallest absolute Gasteiger partial charge is 0.220 e. The van der Waals surface area contributed by atoms with Crippen LogP contribution in [0.3, 0.4) is 0 Å². The van der Waals surface area contributed by atoms with Gasteiger partial charge < -0.3 is 13.9 Å². The lowest BCUT2D eigenvalue weighted by Gasteiger charge is -2.36. The van der Waals surface area contributed by atoms with Gasteiger partial charge >= 0.3 is 0 Å². The topological polar surface area (TPSA) is 40.0 Å². The fourth-order valence-corrected chi connectivity index (χ4v) is 3.83. The first-order chi connectivity index (χ1) is 13.3. The second-order valence-corrected chi connectivity index (χ2v) is 13.4. The van der Waals surface area contributed by atoms with Gasteiger partial charge in [0.2, 0.25) is 5.90 Å². The molecule has 2 aromatic carbocycles. The van der Waals surface area contributed by atoms with Gasteiger partial charge in [0, 0.05) is 0 Å². The molecule has 1 aliphatic heterocycles. The molecule has 0 aromatic heterocycles. The molecule has 0 amide bonds. The zero-order valence-corrected chi connectivity index (χ0v) is 18.6. The van der Waals surface area contributed by atoms with Crippen LogP contribution in [0.15, 0.2) is 59.6 Å². The van der Waals surface area contributed by atoms with Crippen LogP contribution in [0, 0.1) is 0 Å². The van der Waals surface area contributed by atoms with Crippen molar-refractivity contribution in [2.45, 2.75) is 44.9 Å². The lowest BCUT2D eigenvalue weighted by molar-refractivity contribution is 0.203. The van der Waals surface area contributed by atoms with Gasteiger partial charge in [0.15, 0.2) is 8.32 Å². The van der Waals surface area contributed by atoms with Crippen molar-refractivity contribution in [1.82, 2.24) is 0 Å². The first-order valence-corrected chi connectivity index (χ1v) is 12.8. The lowest BCUT2D eigenvalue weighted by Crippen LogP contribution is -2.41. The molecule has 0 radical (unpaired) electrons. The molecule has 0 unspecified atom stereocenters. The Labute approximate surface area is 169 Å². The molecule has 1 atom stereocenters. The van der Waals surface area contributed by atoms with Crippen molar-refractivity contribution in [3.8, 4) is 5.75 Å². The minimum absolute atomic E-state index is 0.0335. The van der Waals surface area contributed by atoms with Crippen LogP contribution in [-0.4, -0.2) is 34.0 Å². The summed E-state index contributed by atoms with van der Waals surface area (Å²) in [7, 11) is -1.76. The summed E-state index contributed by atoms with van der Waals surface area (Å²) in [5, 5.41) is 0.198. The summed E-state index contributed by atoms with van der Waals surface area (Å²) < 4.78 is 18.1. The van der Waals surface area contributed by atoms with E-state index in [1.165, 1.54) is 5.56 Å². The van der Waals surface area contributed by atoms with Crippen molar-refractivity contribution in [2.75, 3.05) is 19.8 Å². The monoisotopic (exact) mass is 397 g/mol. The van der Waals surface area contributed by atoms with E-state index in [1.807, 2.05) is 42.5 Å². The third-order valence-corrected chi connectivity index (χ3v) is 10.1. The van der Waals surface area contributed by atoms with Crippen LogP contribution in [0.1, 0.15) is 37.9 Å². The Bertz CT molecular complexity index is 812. The number of aliphatic imine (C=N–C) groups is 1. The van der Waals surface area contributed by atoms with Gasteiger partial charge in [0.05, 0.1) is 12.2 Å². The van der Waals surface area contributed by atoms with E-state index in [0.29, 0.717) is 25.7 Å². The molecule has 150 valence electrons. The molecule has 0 N–H and O–H groups in total. The van der Waals surface area contributed by atoms with Crippen LogP contribution in [0.5, 0.6) is 5.75 Å². The van der Waals surface area contributed by atoms with Crippen molar-refractivity contribution in [3.63, 3.8) is 0 Å². The number of para-hydroxylation sites is 1. The molecule has 0 bridgehead atoms. The van der Waals surface area contributed by atoms with Crippen molar-refractivity contribution in [1.29, 1.82) is 0 Å². The molecule has 1 aliphatic rings. The van der Waals surface area contributed by atoms with E-state index in [4.69, 9.17) is 18.9 Å². The van der Waals surface area contributed by atoms with Crippen LogP contribution in [-0.2, 0) is 9.16 Å². The predicted molar refractivity (Wildman–Crippen MR) is 117 cm³/mol. The zero-order chi connectivity index (χ0) is 20.2. The Morgan fingerprint density at radius 2 is 1.68 bits per heavy atom. The van der Waals surface area contributed by atoms with E-state index in [0.717, 1.165) is 11.3 Å². The van der Waals surface area contributed by atoms with Gasteiger partial charge in [-0.15, -0.1) is 0 Å². The Morgan fingerprint density at radius 1 is 1.00 bits per heavy atom. The summed E-state index contributed by atoms with van der Waals surface area (Å²) in [6.45, 7) is 12.9. The fraction of sp³-hybridized carbons (Fsp3) is 0.435. The SMILES string of the molecule is CC(C)(C)[Si](C)(C)OCCOc1ccccc1C1=N[C@H](c2ccccc2)CO1. The van der Waals surface area contributed by atoms with Crippen LogP contribution < -0.4 is 4.74 Å². The Morgan fingerprint density at radius 3 is 2.39 bits per heavy atom. The molecule has 3 rings (SSSR count). The van der Waals surface area contributed by atoms with Crippen LogP contribution in [0.25, 0.3) is 0 Å². The molecular weight excluding hydrogens is 366 g/mol. The van der Waals surface area contributed by atoms with Gasteiger partial charge in [-0.2, -0.15) is 0 Å². The lowest BCUT2D eigenvalue weighted by atomic mass is 10.1. The largest absolute Gasteiger partial charge is 0.490 e. The van der Waals surface area contributed by atoms with Gasteiger partial charge in [-0.05, 0) is 35.8 Å². The number of nitrogens with zero attached hydrogens (tertiary/aromatic N) is 1. The maximum absolute atomic E-state index is 6.21. The molecule has 0 aliphatic carbocycles. The highest BCUT2D eigenvalue weighted by Gasteiger charge is 2.37. The number of hydrogen-bond acceptors (Lipinski definition) is 4. The molecule has 0 saturated carbocycles. The van der Waals surface area contributed by atoms with E-state index in [-0.39, 0.29) is 11.1 Å². The van der Waals surface area contributed by atoms with Gasteiger partial charge in [-0.3, -0.25) is 0 Å². The van der Waals surface area contributed by atoms with E-state index >= 15 is 0 Å². The van der Waals surface area contributed by atoms with Gasteiger partial charge in [-0.25, -0.2) is 4.99 Å². The van der Waals surface area contributed by atoms with E-state index in [9.17, 15) is 0 Å². The van der Waals surface area contributed by atoms with Gasteiger partial charge in [-0.1, -0.05) is 63.2 Å². The first-order valence-electron chi connectivity index (χ1n) is 9.90. The summed E-state index contributed by atoms with van der Waals surface area (Å²) in [6.07, 6.45) is 0. The highest BCUT2D eigenvalue weighted by atomic mass is 28.4. The fourth-order valence-electron chi connectivity index (χ4n) is 2.80. The second-order valence-electron chi connectivity index (χ2n) is 8.63.